The predicted molar refractivity (Wildman–Crippen MR) is 101 cm³/mol. The minimum Gasteiger partial charge on any atom is -0.329 e. The Morgan fingerprint density at radius 1 is 1.12 bits per heavy atom. The van der Waals surface area contributed by atoms with Crippen molar-refractivity contribution < 1.29 is 9.59 Å². The Morgan fingerprint density at radius 3 is 2.40 bits per heavy atom. The van der Waals surface area contributed by atoms with Gasteiger partial charge >= 0.3 is 0 Å². The van der Waals surface area contributed by atoms with E-state index >= 15 is 0 Å². The van der Waals surface area contributed by atoms with Gasteiger partial charge in [0, 0.05) is 10.6 Å². The van der Waals surface area contributed by atoms with Gasteiger partial charge in [-0.2, -0.15) is 10.1 Å². The molecule has 25 heavy (non-hydrogen) atoms. The molecule has 2 aromatic carbocycles. The van der Waals surface area contributed by atoms with Crippen LogP contribution in [-0.2, 0) is 9.59 Å². The molecule has 0 aromatic heterocycles. The molecule has 0 saturated carbocycles. The molecule has 0 radical (unpaired) electrons. The number of benzene rings is 2. The summed E-state index contributed by atoms with van der Waals surface area (Å²) in [7, 11) is 0. The molecule has 2 aromatic rings. The van der Waals surface area contributed by atoms with Gasteiger partial charge in [0.1, 0.15) is 0 Å². The summed E-state index contributed by atoms with van der Waals surface area (Å²) < 4.78 is 0. The molecule has 126 valence electrons. The quantitative estimate of drug-likeness (QED) is 0.492. The molecule has 0 spiro atoms. The normalized spacial score (nSPS) is 15.4. The summed E-state index contributed by atoms with van der Waals surface area (Å²) >= 11 is 1.15. The van der Waals surface area contributed by atoms with E-state index in [-0.39, 0.29) is 5.91 Å². The van der Waals surface area contributed by atoms with Crippen LogP contribution < -0.4 is 15.5 Å². The van der Waals surface area contributed by atoms with Gasteiger partial charge in [-0.3, -0.25) is 14.7 Å². The lowest BCUT2D eigenvalue weighted by molar-refractivity contribution is -0.114. The van der Waals surface area contributed by atoms with Crippen molar-refractivity contribution in [2.24, 2.45) is 10.2 Å². The van der Waals surface area contributed by atoms with E-state index in [1.54, 1.807) is 25.1 Å². The Morgan fingerprint density at radius 2 is 1.80 bits per heavy atom. The molecule has 3 rings (SSSR count). The van der Waals surface area contributed by atoms with Crippen molar-refractivity contribution in [2.75, 3.05) is 10.3 Å². The molecule has 0 unspecified atom stereocenters. The van der Waals surface area contributed by atoms with Crippen LogP contribution in [0.2, 0.25) is 0 Å². The molecular weight excluding hydrogens is 336 g/mol. The monoisotopic (exact) mass is 352 g/mol. The summed E-state index contributed by atoms with van der Waals surface area (Å²) in [5, 5.41) is 13.8. The zero-order chi connectivity index (χ0) is 17.8. The second-order valence-corrected chi connectivity index (χ2v) is 6.06. The predicted octanol–water partition coefficient (Wildman–Crippen LogP) is 3.03. The molecule has 0 bridgehead atoms. The molecule has 0 fully saturated rings. The standard InChI is InChI=1S/C18H16N4O2S/c1-12-17(10-13-2-4-14(5-3-13)20-11-23)18(24)22(21-12)15-6-8-16(25-19)9-7-15/h2-11H,19H2,1H3,(H,20,23)/b17-10-. The lowest BCUT2D eigenvalue weighted by Crippen LogP contribution is -2.21. The molecule has 7 heteroatoms. The number of anilines is 2. The molecular formula is C18H16N4O2S. The summed E-state index contributed by atoms with van der Waals surface area (Å²) in [5.41, 5.74) is 3.42. The highest BCUT2D eigenvalue weighted by molar-refractivity contribution is 7.97. The van der Waals surface area contributed by atoms with Crippen LogP contribution in [0, 0.1) is 0 Å². The Kier molecular flexibility index (Phi) is 4.97. The zero-order valence-corrected chi connectivity index (χ0v) is 14.3. The number of hydrazone groups is 1. The molecule has 2 amide bonds. The Labute approximate surface area is 149 Å². The maximum absolute atomic E-state index is 12.7. The Hall–Kier alpha value is -2.90. The molecule has 0 atom stereocenters. The Bertz CT molecular complexity index is 858. The van der Waals surface area contributed by atoms with E-state index < -0.39 is 0 Å². The van der Waals surface area contributed by atoms with Crippen molar-refractivity contribution in [3.63, 3.8) is 0 Å². The largest absolute Gasteiger partial charge is 0.329 e. The third-order valence-corrected chi connectivity index (χ3v) is 4.27. The lowest BCUT2D eigenvalue weighted by atomic mass is 10.1. The minimum absolute atomic E-state index is 0.180. The van der Waals surface area contributed by atoms with E-state index in [1.807, 2.05) is 36.4 Å². The first-order valence-electron chi connectivity index (χ1n) is 7.51. The van der Waals surface area contributed by atoms with Crippen LogP contribution in [0.3, 0.4) is 0 Å². The summed E-state index contributed by atoms with van der Waals surface area (Å²) in [6, 6.07) is 14.5. The van der Waals surface area contributed by atoms with Crippen LogP contribution in [0.25, 0.3) is 6.08 Å². The highest BCUT2D eigenvalue weighted by Crippen LogP contribution is 2.26. The fourth-order valence-electron chi connectivity index (χ4n) is 2.44. The van der Waals surface area contributed by atoms with Gasteiger partial charge in [-0.1, -0.05) is 12.1 Å². The fourth-order valence-corrected chi connectivity index (χ4v) is 2.73. The van der Waals surface area contributed by atoms with Crippen molar-refractivity contribution in [1.82, 2.24) is 0 Å². The van der Waals surface area contributed by atoms with Crippen molar-refractivity contribution >= 4 is 47.4 Å². The molecule has 1 heterocycles. The summed E-state index contributed by atoms with van der Waals surface area (Å²) in [6.07, 6.45) is 2.41. The zero-order valence-electron chi connectivity index (χ0n) is 13.5. The van der Waals surface area contributed by atoms with Gasteiger partial charge in [0.05, 0.1) is 17.0 Å². The minimum atomic E-state index is -0.180. The third-order valence-electron chi connectivity index (χ3n) is 3.73. The van der Waals surface area contributed by atoms with E-state index in [9.17, 15) is 9.59 Å². The first kappa shape index (κ1) is 16.9. The topological polar surface area (TPSA) is 87.8 Å². The van der Waals surface area contributed by atoms with Gasteiger partial charge < -0.3 is 5.32 Å². The second-order valence-electron chi connectivity index (χ2n) is 5.36. The van der Waals surface area contributed by atoms with Crippen molar-refractivity contribution in [2.45, 2.75) is 11.8 Å². The van der Waals surface area contributed by atoms with Crippen molar-refractivity contribution in [3.05, 3.63) is 59.7 Å². The molecule has 1 aliphatic rings. The summed E-state index contributed by atoms with van der Waals surface area (Å²) in [4.78, 5) is 24.0. The number of hydrogen-bond donors (Lipinski definition) is 2. The lowest BCUT2D eigenvalue weighted by Gasteiger charge is -2.12. The first-order chi connectivity index (χ1) is 12.1. The van der Waals surface area contributed by atoms with Crippen molar-refractivity contribution in [1.29, 1.82) is 0 Å². The van der Waals surface area contributed by atoms with Gasteiger partial charge in [0.25, 0.3) is 5.91 Å². The number of nitrogens with one attached hydrogen (secondary N) is 1. The van der Waals surface area contributed by atoms with E-state index in [0.717, 1.165) is 22.4 Å². The van der Waals surface area contributed by atoms with Gasteiger partial charge in [0.15, 0.2) is 0 Å². The summed E-state index contributed by atoms with van der Waals surface area (Å²) in [5.74, 6) is -0.180. The maximum Gasteiger partial charge on any atom is 0.280 e. The molecule has 1 aliphatic heterocycles. The average molecular weight is 352 g/mol. The molecule has 3 N–H and O–H groups in total. The SMILES string of the molecule is CC1=NN(c2ccc(SN)cc2)C(=O)/C1=C\c1ccc(NC=O)cc1. The van der Waals surface area contributed by atoms with Crippen LogP contribution >= 0.6 is 11.9 Å². The highest BCUT2D eigenvalue weighted by atomic mass is 32.2. The van der Waals surface area contributed by atoms with Gasteiger partial charge in [-0.25, -0.2) is 0 Å². The molecule has 0 saturated heterocycles. The Balaban J connectivity index is 1.84. The summed E-state index contributed by atoms with van der Waals surface area (Å²) in [6.45, 7) is 1.80. The number of nitrogens with zero attached hydrogens (tertiary/aromatic N) is 2. The highest BCUT2D eigenvalue weighted by Gasteiger charge is 2.28. The smallest absolute Gasteiger partial charge is 0.280 e. The van der Waals surface area contributed by atoms with Gasteiger partial charge in [-0.05, 0) is 66.9 Å². The van der Waals surface area contributed by atoms with E-state index in [2.05, 4.69) is 10.4 Å². The van der Waals surface area contributed by atoms with Crippen molar-refractivity contribution in [3.8, 4) is 0 Å². The average Bonchev–Trinajstić information content (AvgIpc) is 2.92. The van der Waals surface area contributed by atoms with E-state index in [4.69, 9.17) is 5.14 Å². The maximum atomic E-state index is 12.7. The van der Waals surface area contributed by atoms with E-state index in [1.165, 1.54) is 5.01 Å². The van der Waals surface area contributed by atoms with Gasteiger partial charge in [-0.15, -0.1) is 0 Å². The number of carbonyl (C=O) groups is 2. The van der Waals surface area contributed by atoms with Gasteiger partial charge in [0.2, 0.25) is 6.41 Å². The number of carbonyl (C=O) groups excluding carboxylic acids is 2. The number of rotatable bonds is 5. The van der Waals surface area contributed by atoms with Crippen LogP contribution in [0.5, 0.6) is 0 Å². The number of amides is 2. The van der Waals surface area contributed by atoms with Crippen LogP contribution in [0.15, 0.2) is 64.1 Å². The number of hydrogen-bond acceptors (Lipinski definition) is 5. The van der Waals surface area contributed by atoms with Crippen LogP contribution in [0.4, 0.5) is 11.4 Å². The third kappa shape index (κ3) is 3.62. The fraction of sp³-hybridized carbons (Fsp3) is 0.0556. The van der Waals surface area contributed by atoms with E-state index in [0.29, 0.717) is 29.1 Å². The second kappa shape index (κ2) is 7.33. The van der Waals surface area contributed by atoms with Crippen LogP contribution in [-0.4, -0.2) is 18.0 Å². The first-order valence-corrected chi connectivity index (χ1v) is 8.39. The number of nitrogens with two attached hydrogens (primary N) is 1. The van der Waals surface area contributed by atoms with Crippen LogP contribution in [0.1, 0.15) is 12.5 Å². The molecule has 6 nitrogen and oxygen atoms in total. The molecule has 0 aliphatic carbocycles.